The average molecular weight is 219 g/mol. The minimum atomic E-state index is 0.159. The Morgan fingerprint density at radius 3 is 2.12 bits per heavy atom. The highest BCUT2D eigenvalue weighted by Crippen LogP contribution is 2.22. The monoisotopic (exact) mass is 219 g/mol. The van der Waals surface area contributed by atoms with Crippen LogP contribution >= 0.6 is 0 Å². The van der Waals surface area contributed by atoms with Gasteiger partial charge in [-0.2, -0.15) is 0 Å². The van der Waals surface area contributed by atoms with E-state index < -0.39 is 0 Å². The lowest BCUT2D eigenvalue weighted by Gasteiger charge is -2.19. The fourth-order valence-corrected chi connectivity index (χ4v) is 1.49. The van der Waals surface area contributed by atoms with E-state index >= 15 is 0 Å². The van der Waals surface area contributed by atoms with Gasteiger partial charge in [-0.3, -0.25) is 4.99 Å². The highest BCUT2D eigenvalue weighted by molar-refractivity contribution is 5.75. The normalized spacial score (nSPS) is 11.2. The third-order valence-corrected chi connectivity index (χ3v) is 2.51. The molecular weight excluding hydrogens is 198 g/mol. The molecule has 3 heteroatoms. The van der Waals surface area contributed by atoms with Crippen molar-refractivity contribution in [3.8, 4) is 0 Å². The predicted octanol–water partition coefficient (Wildman–Crippen LogP) is 1.80. The van der Waals surface area contributed by atoms with Gasteiger partial charge in [0.15, 0.2) is 5.96 Å². The molecule has 0 amide bonds. The first-order chi connectivity index (χ1) is 7.39. The van der Waals surface area contributed by atoms with Crippen molar-refractivity contribution in [2.75, 3.05) is 6.54 Å². The molecule has 0 aliphatic carbocycles. The molecule has 0 aliphatic rings. The molecule has 0 heterocycles. The summed E-state index contributed by atoms with van der Waals surface area (Å²) in [5, 5.41) is 0. The molecular formula is C13H21N3. The van der Waals surface area contributed by atoms with Gasteiger partial charge in [0.2, 0.25) is 0 Å². The number of guanidine groups is 1. The van der Waals surface area contributed by atoms with Crippen LogP contribution in [0.3, 0.4) is 0 Å². The van der Waals surface area contributed by atoms with Gasteiger partial charge in [0.25, 0.3) is 0 Å². The fourth-order valence-electron chi connectivity index (χ4n) is 1.49. The predicted molar refractivity (Wildman–Crippen MR) is 69.5 cm³/mol. The molecule has 88 valence electrons. The third kappa shape index (κ3) is 3.93. The summed E-state index contributed by atoms with van der Waals surface area (Å²) >= 11 is 0. The topological polar surface area (TPSA) is 64.4 Å². The minimum Gasteiger partial charge on any atom is -0.370 e. The average Bonchev–Trinajstić information content (AvgIpc) is 2.16. The maximum atomic E-state index is 5.27. The van der Waals surface area contributed by atoms with Crippen LogP contribution in [0.1, 0.15) is 31.9 Å². The molecule has 16 heavy (non-hydrogen) atoms. The van der Waals surface area contributed by atoms with E-state index in [0.717, 1.165) is 6.42 Å². The number of hydrogen-bond acceptors (Lipinski definition) is 1. The van der Waals surface area contributed by atoms with E-state index in [1.807, 2.05) is 0 Å². The molecule has 0 saturated carbocycles. The molecule has 0 bridgehead atoms. The second kappa shape index (κ2) is 5.01. The van der Waals surface area contributed by atoms with E-state index in [0.29, 0.717) is 6.54 Å². The van der Waals surface area contributed by atoms with Crippen LogP contribution in [0.5, 0.6) is 0 Å². The molecule has 0 aromatic heterocycles. The van der Waals surface area contributed by atoms with Crippen LogP contribution in [-0.2, 0) is 11.8 Å². The molecule has 1 rings (SSSR count). The van der Waals surface area contributed by atoms with Gasteiger partial charge < -0.3 is 11.5 Å². The SMILES string of the molecule is CC(C)(C)c1ccc(CCN=C(N)N)cc1. The quantitative estimate of drug-likeness (QED) is 0.601. The summed E-state index contributed by atoms with van der Waals surface area (Å²) in [6.45, 7) is 7.28. The largest absolute Gasteiger partial charge is 0.370 e. The van der Waals surface area contributed by atoms with Crippen molar-refractivity contribution in [2.45, 2.75) is 32.6 Å². The van der Waals surface area contributed by atoms with E-state index in [1.54, 1.807) is 0 Å². The van der Waals surface area contributed by atoms with Crippen LogP contribution in [0.25, 0.3) is 0 Å². The lowest BCUT2D eigenvalue weighted by atomic mass is 9.86. The van der Waals surface area contributed by atoms with Crippen LogP contribution in [0.4, 0.5) is 0 Å². The Balaban J connectivity index is 2.62. The Bertz CT molecular complexity index is 354. The van der Waals surface area contributed by atoms with Crippen molar-refractivity contribution in [1.29, 1.82) is 0 Å². The number of rotatable bonds is 3. The Hall–Kier alpha value is -1.51. The second-order valence-electron chi connectivity index (χ2n) is 5.00. The van der Waals surface area contributed by atoms with Gasteiger partial charge in [0, 0.05) is 6.54 Å². The van der Waals surface area contributed by atoms with Gasteiger partial charge in [-0.25, -0.2) is 0 Å². The van der Waals surface area contributed by atoms with Crippen molar-refractivity contribution >= 4 is 5.96 Å². The summed E-state index contributed by atoms with van der Waals surface area (Å²) in [6.07, 6.45) is 0.877. The van der Waals surface area contributed by atoms with E-state index in [1.165, 1.54) is 11.1 Å². The molecule has 1 aromatic carbocycles. The van der Waals surface area contributed by atoms with Gasteiger partial charge >= 0.3 is 0 Å². The number of benzene rings is 1. The van der Waals surface area contributed by atoms with Crippen LogP contribution < -0.4 is 11.5 Å². The summed E-state index contributed by atoms with van der Waals surface area (Å²) in [6, 6.07) is 8.63. The Morgan fingerprint density at radius 1 is 1.12 bits per heavy atom. The van der Waals surface area contributed by atoms with Gasteiger partial charge in [0.05, 0.1) is 0 Å². The van der Waals surface area contributed by atoms with Crippen molar-refractivity contribution in [1.82, 2.24) is 0 Å². The maximum absolute atomic E-state index is 5.27. The first kappa shape index (κ1) is 12.6. The van der Waals surface area contributed by atoms with E-state index in [-0.39, 0.29) is 11.4 Å². The molecule has 0 atom stereocenters. The highest BCUT2D eigenvalue weighted by atomic mass is 15.0. The molecule has 0 fully saturated rings. The number of nitrogens with zero attached hydrogens (tertiary/aromatic N) is 1. The highest BCUT2D eigenvalue weighted by Gasteiger charge is 2.12. The van der Waals surface area contributed by atoms with Crippen molar-refractivity contribution in [3.05, 3.63) is 35.4 Å². The lowest BCUT2D eigenvalue weighted by Crippen LogP contribution is -2.23. The zero-order valence-corrected chi connectivity index (χ0v) is 10.3. The molecule has 3 nitrogen and oxygen atoms in total. The lowest BCUT2D eigenvalue weighted by molar-refractivity contribution is 0.590. The first-order valence-corrected chi connectivity index (χ1v) is 5.54. The van der Waals surface area contributed by atoms with Crippen molar-refractivity contribution in [2.24, 2.45) is 16.5 Å². The van der Waals surface area contributed by atoms with Gasteiger partial charge in [-0.15, -0.1) is 0 Å². The summed E-state index contributed by atoms with van der Waals surface area (Å²) in [4.78, 5) is 3.96. The summed E-state index contributed by atoms with van der Waals surface area (Å²) < 4.78 is 0. The minimum absolute atomic E-state index is 0.159. The van der Waals surface area contributed by atoms with Crippen LogP contribution in [0.15, 0.2) is 29.3 Å². The summed E-state index contributed by atoms with van der Waals surface area (Å²) in [5.74, 6) is 0.159. The van der Waals surface area contributed by atoms with Crippen LogP contribution in [-0.4, -0.2) is 12.5 Å². The van der Waals surface area contributed by atoms with Crippen molar-refractivity contribution in [3.63, 3.8) is 0 Å². The summed E-state index contributed by atoms with van der Waals surface area (Å²) in [7, 11) is 0. The van der Waals surface area contributed by atoms with Gasteiger partial charge in [0.1, 0.15) is 0 Å². The Morgan fingerprint density at radius 2 is 1.69 bits per heavy atom. The molecule has 1 aromatic rings. The summed E-state index contributed by atoms with van der Waals surface area (Å²) in [5.41, 5.74) is 13.3. The van der Waals surface area contributed by atoms with E-state index in [2.05, 4.69) is 50.0 Å². The Labute approximate surface area is 97.6 Å². The van der Waals surface area contributed by atoms with E-state index in [4.69, 9.17) is 11.5 Å². The Kier molecular flexibility index (Phi) is 3.93. The number of aliphatic imine (C=N–C) groups is 1. The van der Waals surface area contributed by atoms with E-state index in [9.17, 15) is 0 Å². The van der Waals surface area contributed by atoms with Gasteiger partial charge in [-0.05, 0) is 23.0 Å². The smallest absolute Gasteiger partial charge is 0.185 e. The fraction of sp³-hybridized carbons (Fsp3) is 0.462. The second-order valence-corrected chi connectivity index (χ2v) is 5.00. The number of nitrogens with two attached hydrogens (primary N) is 2. The van der Waals surface area contributed by atoms with Crippen molar-refractivity contribution < 1.29 is 0 Å². The molecule has 0 radical (unpaired) electrons. The zero-order chi connectivity index (χ0) is 12.2. The first-order valence-electron chi connectivity index (χ1n) is 5.54. The zero-order valence-electron chi connectivity index (χ0n) is 10.3. The van der Waals surface area contributed by atoms with Crippen LogP contribution in [0, 0.1) is 0 Å². The van der Waals surface area contributed by atoms with Crippen LogP contribution in [0.2, 0.25) is 0 Å². The molecule has 4 N–H and O–H groups in total. The molecule has 0 aliphatic heterocycles. The molecule has 0 spiro atoms. The molecule has 0 unspecified atom stereocenters. The number of hydrogen-bond donors (Lipinski definition) is 2. The standard InChI is InChI=1S/C13H21N3/c1-13(2,3)11-6-4-10(5-7-11)8-9-16-12(14)15/h4-7H,8-9H2,1-3H3,(H4,14,15,16). The maximum Gasteiger partial charge on any atom is 0.185 e. The molecule has 0 saturated heterocycles. The van der Waals surface area contributed by atoms with Gasteiger partial charge in [-0.1, -0.05) is 45.0 Å². The third-order valence-electron chi connectivity index (χ3n) is 2.51.